The second-order valence-electron chi connectivity index (χ2n) is 7.27. The van der Waals surface area contributed by atoms with E-state index < -0.39 is 37.1 Å². The highest BCUT2D eigenvalue weighted by molar-refractivity contribution is 5.91. The van der Waals surface area contributed by atoms with Crippen molar-refractivity contribution in [1.29, 1.82) is 0 Å². The lowest BCUT2D eigenvalue weighted by molar-refractivity contribution is -0.232. The Labute approximate surface area is 174 Å². The molecule has 9 heteroatoms. The van der Waals surface area contributed by atoms with Gasteiger partial charge in [0.1, 0.15) is 30.5 Å². The van der Waals surface area contributed by atoms with E-state index in [0.717, 1.165) is 5.56 Å². The van der Waals surface area contributed by atoms with E-state index in [9.17, 15) is 25.2 Å². The highest BCUT2D eigenvalue weighted by Crippen LogP contribution is 2.32. The van der Waals surface area contributed by atoms with E-state index in [2.05, 4.69) is 9.97 Å². The smallest absolute Gasteiger partial charge is 0.246 e. The average molecular weight is 417 g/mol. The number of aliphatic hydroxyl groups is 4. The molecule has 0 bridgehead atoms. The van der Waals surface area contributed by atoms with Gasteiger partial charge < -0.3 is 35.0 Å². The van der Waals surface area contributed by atoms with Crippen molar-refractivity contribution in [2.75, 3.05) is 20.2 Å². The first kappa shape index (κ1) is 22.1. The summed E-state index contributed by atoms with van der Waals surface area (Å²) in [6.07, 6.45) is -1.22. The number of ether oxygens (including phenoxy) is 1. The molecule has 5 N–H and O–H groups in total. The predicted octanol–water partition coefficient (Wildman–Crippen LogP) is -0.361. The largest absolute Gasteiger partial charge is 0.394 e. The number of nitrogens with one attached hydrogen (secondary N) is 1. The summed E-state index contributed by atoms with van der Waals surface area (Å²) in [5.41, 5.74) is 1.93. The monoisotopic (exact) mass is 417 g/mol. The van der Waals surface area contributed by atoms with Crippen LogP contribution in [0.5, 0.6) is 0 Å². The molecule has 0 radical (unpaired) electrons. The zero-order valence-electron chi connectivity index (χ0n) is 16.6. The van der Waals surface area contributed by atoms with Crippen LogP contribution in [0.2, 0.25) is 0 Å². The van der Waals surface area contributed by atoms with Gasteiger partial charge in [-0.25, -0.2) is 4.98 Å². The Morgan fingerprint density at radius 2 is 1.93 bits per heavy atom. The van der Waals surface area contributed by atoms with Crippen molar-refractivity contribution >= 4 is 12.0 Å². The number of likely N-dealkylation sites (N-methyl/N-ethyl adjacent to an activating group) is 1. The number of carbonyl (C=O) groups is 1. The molecule has 0 spiro atoms. The van der Waals surface area contributed by atoms with Crippen molar-refractivity contribution in [3.05, 3.63) is 59.7 Å². The second kappa shape index (κ2) is 9.96. The standard InChI is InChI=1S/C21H27N3O6/c1-24(16(26)8-7-13-5-3-2-4-6-13)10-9-14-17(23-12-22-14)21-20(29)19(28)18(27)15(11-25)30-21/h2-8,12,15,18-21,25,27-29H,9-11H2,1H3,(H,22,23)/b8-7+/t15-,18-,19+,20-,21+/m1/s1. The van der Waals surface area contributed by atoms with Gasteiger partial charge in [0.2, 0.25) is 5.91 Å². The summed E-state index contributed by atoms with van der Waals surface area (Å²) in [6.45, 7) is -0.136. The molecule has 0 saturated carbocycles. The zero-order valence-corrected chi connectivity index (χ0v) is 16.6. The Morgan fingerprint density at radius 3 is 2.63 bits per heavy atom. The van der Waals surface area contributed by atoms with Crippen LogP contribution in [-0.4, -0.2) is 85.8 Å². The molecular formula is C21H27N3O6. The summed E-state index contributed by atoms with van der Waals surface area (Å²) >= 11 is 0. The fraction of sp³-hybridized carbons (Fsp3) is 0.429. The first-order chi connectivity index (χ1) is 14.4. The molecule has 1 aromatic carbocycles. The Morgan fingerprint density at radius 1 is 1.20 bits per heavy atom. The molecule has 1 aliphatic heterocycles. The molecular weight excluding hydrogens is 390 g/mol. The summed E-state index contributed by atoms with van der Waals surface area (Å²) < 4.78 is 5.58. The first-order valence-corrected chi connectivity index (χ1v) is 9.73. The Bertz CT molecular complexity index is 853. The number of aromatic amines is 1. The van der Waals surface area contributed by atoms with E-state index in [0.29, 0.717) is 24.4 Å². The minimum atomic E-state index is -1.47. The topological polar surface area (TPSA) is 139 Å². The van der Waals surface area contributed by atoms with E-state index in [1.165, 1.54) is 12.4 Å². The van der Waals surface area contributed by atoms with E-state index in [1.807, 2.05) is 30.3 Å². The van der Waals surface area contributed by atoms with E-state index in [4.69, 9.17) is 4.74 Å². The highest BCUT2D eigenvalue weighted by Gasteiger charge is 2.45. The normalized spacial score (nSPS) is 26.8. The minimum Gasteiger partial charge on any atom is -0.394 e. The molecule has 3 rings (SSSR count). The summed E-state index contributed by atoms with van der Waals surface area (Å²) in [5.74, 6) is -0.163. The SMILES string of the molecule is CN(CCc1nc[nH]c1[C@@H]1O[C@H](CO)[C@@H](O)[C@H](O)[C@H]1O)C(=O)/C=C/c1ccccc1. The highest BCUT2D eigenvalue weighted by atomic mass is 16.5. The van der Waals surface area contributed by atoms with E-state index >= 15 is 0 Å². The lowest BCUT2D eigenvalue weighted by atomic mass is 9.92. The van der Waals surface area contributed by atoms with Crippen molar-refractivity contribution in [3.63, 3.8) is 0 Å². The Balaban J connectivity index is 1.63. The third-order valence-corrected chi connectivity index (χ3v) is 5.21. The number of benzene rings is 1. The van der Waals surface area contributed by atoms with Gasteiger partial charge in [-0.05, 0) is 11.6 Å². The van der Waals surface area contributed by atoms with Crippen LogP contribution in [-0.2, 0) is 16.0 Å². The molecule has 9 nitrogen and oxygen atoms in total. The van der Waals surface area contributed by atoms with Crippen LogP contribution >= 0.6 is 0 Å². The maximum atomic E-state index is 12.3. The molecule has 2 heterocycles. The quantitative estimate of drug-likeness (QED) is 0.388. The predicted molar refractivity (Wildman–Crippen MR) is 108 cm³/mol. The number of carbonyl (C=O) groups excluding carboxylic acids is 1. The van der Waals surface area contributed by atoms with Crippen molar-refractivity contribution in [1.82, 2.24) is 14.9 Å². The molecule has 1 amide bonds. The number of hydrogen-bond donors (Lipinski definition) is 5. The first-order valence-electron chi connectivity index (χ1n) is 9.73. The maximum absolute atomic E-state index is 12.3. The number of imidazole rings is 1. The number of rotatable bonds is 7. The summed E-state index contributed by atoms with van der Waals surface area (Å²) in [7, 11) is 1.68. The van der Waals surface area contributed by atoms with Crippen LogP contribution < -0.4 is 0 Å². The minimum absolute atomic E-state index is 0.163. The van der Waals surface area contributed by atoms with Gasteiger partial charge in [-0.15, -0.1) is 0 Å². The van der Waals surface area contributed by atoms with Crippen LogP contribution in [0.25, 0.3) is 6.08 Å². The van der Waals surface area contributed by atoms with Gasteiger partial charge in [0.15, 0.2) is 0 Å². The lowest BCUT2D eigenvalue weighted by Crippen LogP contribution is -2.55. The fourth-order valence-corrected chi connectivity index (χ4v) is 3.36. The van der Waals surface area contributed by atoms with Crippen LogP contribution in [0.3, 0.4) is 0 Å². The van der Waals surface area contributed by atoms with Crippen LogP contribution in [0, 0.1) is 0 Å². The van der Waals surface area contributed by atoms with Crippen molar-refractivity contribution in [2.45, 2.75) is 36.9 Å². The van der Waals surface area contributed by atoms with Crippen LogP contribution in [0.15, 0.2) is 42.7 Å². The molecule has 2 aromatic rings. The molecule has 30 heavy (non-hydrogen) atoms. The molecule has 1 aromatic heterocycles. The average Bonchev–Trinajstić information content (AvgIpc) is 3.23. The lowest BCUT2D eigenvalue weighted by Gasteiger charge is -2.39. The second-order valence-corrected chi connectivity index (χ2v) is 7.27. The molecule has 5 atom stereocenters. The van der Waals surface area contributed by atoms with Crippen molar-refractivity contribution in [3.8, 4) is 0 Å². The summed E-state index contributed by atoms with van der Waals surface area (Å²) in [6, 6.07) is 9.50. The number of hydrogen-bond acceptors (Lipinski definition) is 7. The maximum Gasteiger partial charge on any atom is 0.246 e. The van der Waals surface area contributed by atoms with Gasteiger partial charge in [-0.2, -0.15) is 0 Å². The number of H-pyrrole nitrogens is 1. The zero-order chi connectivity index (χ0) is 21.7. The molecule has 1 saturated heterocycles. The van der Waals surface area contributed by atoms with Gasteiger partial charge in [0.05, 0.1) is 24.3 Å². The fourth-order valence-electron chi connectivity index (χ4n) is 3.36. The van der Waals surface area contributed by atoms with Gasteiger partial charge in [0, 0.05) is 26.1 Å². The molecule has 0 unspecified atom stereocenters. The molecule has 162 valence electrons. The van der Waals surface area contributed by atoms with Crippen molar-refractivity contribution in [2.24, 2.45) is 0 Å². The van der Waals surface area contributed by atoms with Gasteiger partial charge in [-0.3, -0.25) is 4.79 Å². The van der Waals surface area contributed by atoms with E-state index in [1.54, 1.807) is 18.0 Å². The number of aliphatic hydroxyl groups excluding tert-OH is 4. The van der Waals surface area contributed by atoms with Gasteiger partial charge in [-0.1, -0.05) is 30.3 Å². The third kappa shape index (κ3) is 4.94. The van der Waals surface area contributed by atoms with E-state index in [-0.39, 0.29) is 5.91 Å². The van der Waals surface area contributed by atoms with Crippen molar-refractivity contribution < 1.29 is 30.0 Å². The third-order valence-electron chi connectivity index (χ3n) is 5.21. The Hall–Kier alpha value is -2.56. The number of aromatic nitrogens is 2. The number of amides is 1. The molecule has 1 fully saturated rings. The Kier molecular flexibility index (Phi) is 7.35. The van der Waals surface area contributed by atoms with Gasteiger partial charge in [0.25, 0.3) is 0 Å². The summed E-state index contributed by atoms with van der Waals surface area (Å²) in [4.78, 5) is 21.0. The summed E-state index contributed by atoms with van der Waals surface area (Å²) in [5, 5.41) is 39.6. The number of nitrogens with zero attached hydrogens (tertiary/aromatic N) is 2. The van der Waals surface area contributed by atoms with Gasteiger partial charge >= 0.3 is 0 Å². The van der Waals surface area contributed by atoms with Crippen LogP contribution in [0.1, 0.15) is 23.1 Å². The van der Waals surface area contributed by atoms with Crippen LogP contribution in [0.4, 0.5) is 0 Å². The molecule has 0 aliphatic carbocycles. The molecule has 1 aliphatic rings.